The average Bonchev–Trinajstić information content (AvgIpc) is 3.36. The summed E-state index contributed by atoms with van der Waals surface area (Å²) in [5.74, 6) is -0.672. The minimum absolute atomic E-state index is 0.0754. The predicted octanol–water partition coefficient (Wildman–Crippen LogP) is 3.25. The van der Waals surface area contributed by atoms with E-state index < -0.39 is 17.6 Å². The minimum Gasteiger partial charge on any atom is -0.467 e. The van der Waals surface area contributed by atoms with Crippen molar-refractivity contribution in [3.05, 3.63) is 90.2 Å². The number of nitrogens with zero attached hydrogens (tertiary/aromatic N) is 2. The van der Waals surface area contributed by atoms with E-state index >= 15 is 0 Å². The first kappa shape index (κ1) is 17.5. The number of hydrogen-bond donors (Lipinski definition) is 2. The number of carbonyl (C=O) groups is 2. The summed E-state index contributed by atoms with van der Waals surface area (Å²) in [6, 6.07) is 14.0. The number of imidazole rings is 1. The van der Waals surface area contributed by atoms with Crippen molar-refractivity contribution in [1.29, 1.82) is 0 Å². The molecule has 0 unspecified atom stereocenters. The topological polar surface area (TPSA) is 88.6 Å². The van der Waals surface area contributed by atoms with Crippen molar-refractivity contribution >= 4 is 23.0 Å². The summed E-state index contributed by atoms with van der Waals surface area (Å²) in [6.07, 6.45) is 3.17. The van der Waals surface area contributed by atoms with Gasteiger partial charge in [0.05, 0.1) is 18.3 Å². The number of fused-ring (bicyclic) bond motifs is 1. The van der Waals surface area contributed by atoms with Crippen LogP contribution in [0.1, 0.15) is 26.9 Å². The van der Waals surface area contributed by atoms with Crippen molar-refractivity contribution in [2.24, 2.45) is 0 Å². The van der Waals surface area contributed by atoms with Gasteiger partial charge in [0.2, 0.25) is 5.82 Å². The number of furan rings is 1. The molecule has 8 heteroatoms. The minimum atomic E-state index is -0.500. The van der Waals surface area contributed by atoms with E-state index in [-0.39, 0.29) is 18.1 Å². The molecule has 2 amide bonds. The van der Waals surface area contributed by atoms with Crippen molar-refractivity contribution < 1.29 is 18.4 Å². The second-order valence-corrected chi connectivity index (χ2v) is 5.96. The lowest BCUT2D eigenvalue weighted by Gasteiger charge is -2.03. The molecule has 0 saturated heterocycles. The van der Waals surface area contributed by atoms with Gasteiger partial charge in [0.1, 0.15) is 11.6 Å². The molecule has 0 radical (unpaired) electrons. The summed E-state index contributed by atoms with van der Waals surface area (Å²) in [4.78, 5) is 29.5. The van der Waals surface area contributed by atoms with Gasteiger partial charge in [0.15, 0.2) is 5.69 Å². The molecule has 28 heavy (non-hydrogen) atoms. The van der Waals surface area contributed by atoms with Crippen LogP contribution in [0, 0.1) is 5.82 Å². The Bertz CT molecular complexity index is 1130. The third-order valence-corrected chi connectivity index (χ3v) is 4.07. The third-order valence-electron chi connectivity index (χ3n) is 4.07. The largest absolute Gasteiger partial charge is 0.467 e. The van der Waals surface area contributed by atoms with Gasteiger partial charge in [-0.05, 0) is 48.5 Å². The molecule has 3 heterocycles. The van der Waals surface area contributed by atoms with Gasteiger partial charge >= 0.3 is 0 Å². The smallest absolute Gasteiger partial charge is 0.288 e. The second kappa shape index (κ2) is 7.36. The maximum Gasteiger partial charge on any atom is 0.288 e. The molecule has 0 aliphatic rings. The molecule has 4 aromatic rings. The number of rotatable bonds is 5. The first-order valence-corrected chi connectivity index (χ1v) is 8.46. The predicted molar refractivity (Wildman–Crippen MR) is 99.4 cm³/mol. The van der Waals surface area contributed by atoms with Crippen LogP contribution in [0.5, 0.6) is 0 Å². The van der Waals surface area contributed by atoms with Crippen molar-refractivity contribution in [1.82, 2.24) is 14.7 Å². The first-order valence-electron chi connectivity index (χ1n) is 8.46. The third kappa shape index (κ3) is 3.48. The van der Waals surface area contributed by atoms with E-state index in [4.69, 9.17) is 4.42 Å². The van der Waals surface area contributed by atoms with E-state index in [1.165, 1.54) is 34.9 Å². The molecular weight excluding hydrogens is 363 g/mol. The van der Waals surface area contributed by atoms with Crippen LogP contribution in [0.2, 0.25) is 0 Å². The molecular formula is C20H15FN4O3. The van der Waals surface area contributed by atoms with E-state index in [1.807, 2.05) is 0 Å². The second-order valence-electron chi connectivity index (χ2n) is 5.96. The first-order chi connectivity index (χ1) is 13.6. The summed E-state index contributed by atoms with van der Waals surface area (Å²) in [6.45, 7) is 0.199. The number of aromatic nitrogens is 2. The summed E-state index contributed by atoms with van der Waals surface area (Å²) >= 11 is 0. The zero-order chi connectivity index (χ0) is 19.5. The number of hydrogen-bond acceptors (Lipinski definition) is 4. The summed E-state index contributed by atoms with van der Waals surface area (Å²) in [5, 5.41) is 5.37. The Labute approximate surface area is 158 Å². The molecule has 4 rings (SSSR count). The lowest BCUT2D eigenvalue weighted by Crippen LogP contribution is -2.25. The molecule has 2 N–H and O–H groups in total. The fraction of sp³-hybridized carbons (Fsp3) is 0.0500. The highest BCUT2D eigenvalue weighted by Crippen LogP contribution is 2.16. The molecule has 0 bridgehead atoms. The number of benzene rings is 1. The molecule has 0 spiro atoms. The normalized spacial score (nSPS) is 10.8. The molecule has 0 saturated carbocycles. The summed E-state index contributed by atoms with van der Waals surface area (Å²) in [5.41, 5.74) is 0.991. The quantitative estimate of drug-likeness (QED) is 0.558. The Morgan fingerprint density at radius 3 is 2.61 bits per heavy atom. The lowest BCUT2D eigenvalue weighted by molar-refractivity contribution is 0.0937. The van der Waals surface area contributed by atoms with E-state index in [0.29, 0.717) is 17.0 Å². The van der Waals surface area contributed by atoms with Crippen LogP contribution in [-0.2, 0) is 6.54 Å². The Morgan fingerprint density at radius 2 is 1.86 bits per heavy atom. The number of anilines is 1. The van der Waals surface area contributed by atoms with Gasteiger partial charge in [0, 0.05) is 11.9 Å². The van der Waals surface area contributed by atoms with Crippen LogP contribution in [0.25, 0.3) is 5.52 Å². The molecule has 0 aliphatic carbocycles. The highest BCUT2D eigenvalue weighted by molar-refractivity contribution is 6.08. The monoisotopic (exact) mass is 378 g/mol. The summed E-state index contributed by atoms with van der Waals surface area (Å²) in [7, 11) is 0. The molecule has 3 aromatic heterocycles. The van der Waals surface area contributed by atoms with Crippen LogP contribution in [0.15, 0.2) is 71.5 Å². The van der Waals surface area contributed by atoms with Crippen molar-refractivity contribution in [3.8, 4) is 0 Å². The number of pyridine rings is 1. The van der Waals surface area contributed by atoms with Gasteiger partial charge in [-0.3, -0.25) is 14.0 Å². The Kier molecular flexibility index (Phi) is 4.59. The van der Waals surface area contributed by atoms with Crippen LogP contribution in [0.3, 0.4) is 0 Å². The van der Waals surface area contributed by atoms with Gasteiger partial charge in [-0.25, -0.2) is 9.37 Å². The Hall–Kier alpha value is -3.94. The Morgan fingerprint density at radius 1 is 1.04 bits per heavy atom. The highest BCUT2D eigenvalue weighted by Gasteiger charge is 2.21. The maximum atomic E-state index is 13.0. The molecule has 0 aliphatic heterocycles. The molecule has 0 fully saturated rings. The molecule has 140 valence electrons. The van der Waals surface area contributed by atoms with Crippen LogP contribution in [-0.4, -0.2) is 21.2 Å². The number of amides is 2. The van der Waals surface area contributed by atoms with Crippen molar-refractivity contribution in [2.45, 2.75) is 6.54 Å². The molecule has 7 nitrogen and oxygen atoms in total. The Balaban J connectivity index is 1.61. The van der Waals surface area contributed by atoms with Gasteiger partial charge in [-0.2, -0.15) is 0 Å². The van der Waals surface area contributed by atoms with E-state index in [0.717, 1.165) is 0 Å². The van der Waals surface area contributed by atoms with Crippen molar-refractivity contribution in [3.63, 3.8) is 0 Å². The van der Waals surface area contributed by atoms with Gasteiger partial charge < -0.3 is 15.1 Å². The maximum absolute atomic E-state index is 13.0. The molecule has 0 atom stereocenters. The van der Waals surface area contributed by atoms with Crippen molar-refractivity contribution in [2.75, 3.05) is 5.32 Å². The number of halogens is 1. The standard InChI is InChI=1S/C20H15FN4O3/c21-13-6-8-14(9-7-13)23-19(26)17-16-5-1-2-10-25(16)18(24-17)20(27)22-12-15-4-3-11-28-15/h1-11H,12H2,(H,22,27)(H,23,26). The molecule has 1 aromatic carbocycles. The van der Waals surface area contributed by atoms with Gasteiger partial charge in [-0.1, -0.05) is 6.07 Å². The average molecular weight is 378 g/mol. The zero-order valence-corrected chi connectivity index (χ0v) is 14.6. The fourth-order valence-electron chi connectivity index (χ4n) is 2.75. The van der Waals surface area contributed by atoms with E-state index in [1.54, 1.807) is 36.5 Å². The van der Waals surface area contributed by atoms with Gasteiger partial charge in [-0.15, -0.1) is 0 Å². The number of nitrogens with one attached hydrogen (secondary N) is 2. The summed E-state index contributed by atoms with van der Waals surface area (Å²) < 4.78 is 19.8. The van der Waals surface area contributed by atoms with Crippen LogP contribution < -0.4 is 10.6 Å². The number of carbonyl (C=O) groups excluding carboxylic acids is 2. The fourth-order valence-corrected chi connectivity index (χ4v) is 2.75. The van der Waals surface area contributed by atoms with Gasteiger partial charge in [0.25, 0.3) is 11.8 Å². The zero-order valence-electron chi connectivity index (χ0n) is 14.6. The van der Waals surface area contributed by atoms with Crippen LogP contribution in [0.4, 0.5) is 10.1 Å². The lowest BCUT2D eigenvalue weighted by atomic mass is 10.2. The van der Waals surface area contributed by atoms with Crippen LogP contribution >= 0.6 is 0 Å². The van der Waals surface area contributed by atoms with E-state index in [2.05, 4.69) is 15.6 Å². The highest BCUT2D eigenvalue weighted by atomic mass is 19.1. The SMILES string of the molecule is O=C(Nc1ccc(F)cc1)c1nc(C(=O)NCc2ccco2)n2ccccc12. The van der Waals surface area contributed by atoms with E-state index in [9.17, 15) is 14.0 Å².